The van der Waals surface area contributed by atoms with Crippen LogP contribution in [0.5, 0.6) is 0 Å². The quantitative estimate of drug-likeness (QED) is 0.857. The van der Waals surface area contributed by atoms with E-state index in [0.717, 1.165) is 12.0 Å². The molecule has 1 aliphatic carbocycles. The molecule has 0 aromatic heterocycles. The van der Waals surface area contributed by atoms with Crippen LogP contribution in [0.2, 0.25) is 0 Å². The van der Waals surface area contributed by atoms with Crippen molar-refractivity contribution in [1.29, 1.82) is 0 Å². The van der Waals surface area contributed by atoms with Crippen LogP contribution in [0, 0.1) is 5.92 Å². The minimum absolute atomic E-state index is 0. The molecule has 3 rings (SSSR count). The van der Waals surface area contributed by atoms with Crippen LogP contribution in [0.25, 0.3) is 0 Å². The number of nitrogens with one attached hydrogen (secondary N) is 1. The van der Waals surface area contributed by atoms with Gasteiger partial charge in [-0.3, -0.25) is 9.80 Å². The molecule has 3 fully saturated rings. The molecular weight excluding hydrogens is 293 g/mol. The van der Waals surface area contributed by atoms with Gasteiger partial charge >= 0.3 is 0 Å². The van der Waals surface area contributed by atoms with Crippen molar-refractivity contribution in [2.24, 2.45) is 5.92 Å². The smallest absolute Gasteiger partial charge is 0.0124 e. The Morgan fingerprint density at radius 1 is 0.800 bits per heavy atom. The minimum Gasteiger partial charge on any atom is -0.314 e. The second-order valence-electron chi connectivity index (χ2n) is 6.38. The van der Waals surface area contributed by atoms with Gasteiger partial charge in [-0.1, -0.05) is 12.8 Å². The summed E-state index contributed by atoms with van der Waals surface area (Å²) < 4.78 is 0. The standard InChI is InChI=1S/C15H29N3.2ClH/c1-2-5-14(4-1)15-6-3-9-18(15)13-12-17-10-7-16-8-11-17;;/h14-16H,1-13H2;2*1H. The van der Waals surface area contributed by atoms with Crippen molar-refractivity contribution in [1.82, 2.24) is 15.1 Å². The summed E-state index contributed by atoms with van der Waals surface area (Å²) in [5.74, 6) is 1.04. The number of likely N-dealkylation sites (tertiary alicyclic amines) is 1. The normalized spacial score (nSPS) is 29.1. The summed E-state index contributed by atoms with van der Waals surface area (Å²) >= 11 is 0. The Kier molecular flexibility index (Phi) is 8.77. The summed E-state index contributed by atoms with van der Waals surface area (Å²) in [5.41, 5.74) is 0. The van der Waals surface area contributed by atoms with E-state index in [0.29, 0.717) is 0 Å². The van der Waals surface area contributed by atoms with E-state index in [9.17, 15) is 0 Å². The van der Waals surface area contributed by atoms with Crippen LogP contribution in [0.4, 0.5) is 0 Å². The van der Waals surface area contributed by atoms with Gasteiger partial charge in [-0.2, -0.15) is 0 Å². The first-order valence-electron chi connectivity index (χ1n) is 8.10. The van der Waals surface area contributed by atoms with E-state index in [2.05, 4.69) is 15.1 Å². The molecule has 0 spiro atoms. The van der Waals surface area contributed by atoms with Crippen molar-refractivity contribution in [2.75, 3.05) is 45.8 Å². The highest BCUT2D eigenvalue weighted by Gasteiger charge is 2.32. The van der Waals surface area contributed by atoms with Gasteiger partial charge in [0.15, 0.2) is 0 Å². The number of halogens is 2. The Hall–Kier alpha value is 0.460. The molecule has 0 bridgehead atoms. The molecule has 3 nitrogen and oxygen atoms in total. The highest BCUT2D eigenvalue weighted by molar-refractivity contribution is 5.85. The SMILES string of the molecule is C1CCC(C2CCCN2CCN2CCNCC2)C1.Cl.Cl. The third kappa shape index (κ3) is 4.74. The second kappa shape index (κ2) is 9.47. The van der Waals surface area contributed by atoms with Gasteiger partial charge in [0.05, 0.1) is 0 Å². The Morgan fingerprint density at radius 3 is 2.20 bits per heavy atom. The van der Waals surface area contributed by atoms with Crippen LogP contribution in [0.15, 0.2) is 0 Å². The maximum absolute atomic E-state index is 3.44. The second-order valence-corrected chi connectivity index (χ2v) is 6.38. The van der Waals surface area contributed by atoms with Crippen molar-refractivity contribution < 1.29 is 0 Å². The zero-order valence-electron chi connectivity index (χ0n) is 12.6. The van der Waals surface area contributed by atoms with E-state index < -0.39 is 0 Å². The van der Waals surface area contributed by atoms with Gasteiger partial charge in [0.25, 0.3) is 0 Å². The molecule has 2 aliphatic heterocycles. The summed E-state index contributed by atoms with van der Waals surface area (Å²) in [6.45, 7) is 8.86. The Bertz CT molecular complexity index is 254. The van der Waals surface area contributed by atoms with Gasteiger partial charge in [-0.05, 0) is 38.1 Å². The molecule has 5 heteroatoms. The molecule has 3 aliphatic rings. The molecule has 20 heavy (non-hydrogen) atoms. The van der Waals surface area contributed by atoms with Crippen LogP contribution in [0.3, 0.4) is 0 Å². The van der Waals surface area contributed by atoms with Crippen molar-refractivity contribution in [3.05, 3.63) is 0 Å². The third-order valence-corrected chi connectivity index (χ3v) is 5.27. The van der Waals surface area contributed by atoms with Gasteiger partial charge in [0.2, 0.25) is 0 Å². The number of hydrogen-bond donors (Lipinski definition) is 1. The van der Waals surface area contributed by atoms with Gasteiger partial charge < -0.3 is 5.32 Å². The van der Waals surface area contributed by atoms with Crippen LogP contribution in [-0.2, 0) is 0 Å². The molecule has 0 radical (unpaired) electrons. The largest absolute Gasteiger partial charge is 0.314 e. The zero-order valence-corrected chi connectivity index (χ0v) is 14.2. The number of rotatable bonds is 4. The molecule has 1 atom stereocenters. The number of nitrogens with zero attached hydrogens (tertiary/aromatic N) is 2. The maximum Gasteiger partial charge on any atom is 0.0124 e. The topological polar surface area (TPSA) is 18.5 Å². The predicted molar refractivity (Wildman–Crippen MR) is 90.4 cm³/mol. The third-order valence-electron chi connectivity index (χ3n) is 5.27. The molecule has 1 saturated carbocycles. The van der Waals surface area contributed by atoms with E-state index in [1.54, 1.807) is 0 Å². The zero-order chi connectivity index (χ0) is 12.2. The lowest BCUT2D eigenvalue weighted by Crippen LogP contribution is -2.47. The van der Waals surface area contributed by atoms with Crippen LogP contribution < -0.4 is 5.32 Å². The first kappa shape index (κ1) is 18.5. The van der Waals surface area contributed by atoms with Crippen molar-refractivity contribution >= 4 is 24.8 Å². The van der Waals surface area contributed by atoms with E-state index in [4.69, 9.17) is 0 Å². The fourth-order valence-electron chi connectivity index (χ4n) is 4.21. The van der Waals surface area contributed by atoms with Crippen molar-refractivity contribution in [3.63, 3.8) is 0 Å². The lowest BCUT2D eigenvalue weighted by molar-refractivity contribution is 0.152. The Labute approximate surface area is 136 Å². The lowest BCUT2D eigenvalue weighted by Gasteiger charge is -2.33. The molecule has 2 heterocycles. The molecule has 1 unspecified atom stereocenters. The monoisotopic (exact) mass is 323 g/mol. The molecule has 0 aromatic carbocycles. The first-order valence-corrected chi connectivity index (χ1v) is 8.10. The Balaban J connectivity index is 0.000001000. The summed E-state index contributed by atoms with van der Waals surface area (Å²) in [7, 11) is 0. The molecular formula is C15H31Cl2N3. The van der Waals surface area contributed by atoms with Crippen molar-refractivity contribution in [3.8, 4) is 0 Å². The summed E-state index contributed by atoms with van der Waals surface area (Å²) in [6.07, 6.45) is 8.93. The molecule has 0 aromatic rings. The van der Waals surface area contributed by atoms with Gasteiger partial charge in [0, 0.05) is 45.3 Å². The lowest BCUT2D eigenvalue weighted by atomic mass is 9.96. The maximum atomic E-state index is 3.44. The fraction of sp³-hybridized carbons (Fsp3) is 1.00. The minimum atomic E-state index is 0. The van der Waals surface area contributed by atoms with Gasteiger partial charge in [0.1, 0.15) is 0 Å². The van der Waals surface area contributed by atoms with E-state index >= 15 is 0 Å². The summed E-state index contributed by atoms with van der Waals surface area (Å²) in [4.78, 5) is 5.46. The van der Waals surface area contributed by atoms with Crippen LogP contribution >= 0.6 is 24.8 Å². The number of piperazine rings is 1. The number of hydrogen-bond acceptors (Lipinski definition) is 3. The summed E-state index contributed by atoms with van der Waals surface area (Å²) in [6, 6.07) is 0.940. The van der Waals surface area contributed by atoms with E-state index in [-0.39, 0.29) is 24.8 Å². The highest BCUT2D eigenvalue weighted by Crippen LogP contribution is 2.35. The summed E-state index contributed by atoms with van der Waals surface area (Å²) in [5, 5.41) is 3.44. The van der Waals surface area contributed by atoms with E-state index in [1.165, 1.54) is 84.3 Å². The van der Waals surface area contributed by atoms with E-state index in [1.807, 2.05) is 0 Å². The van der Waals surface area contributed by atoms with Crippen LogP contribution in [-0.4, -0.2) is 61.7 Å². The highest BCUT2D eigenvalue weighted by atomic mass is 35.5. The predicted octanol–water partition coefficient (Wildman–Crippen LogP) is 2.39. The van der Waals surface area contributed by atoms with Crippen molar-refractivity contribution in [2.45, 2.75) is 44.6 Å². The molecule has 0 amide bonds. The molecule has 120 valence electrons. The Morgan fingerprint density at radius 2 is 1.50 bits per heavy atom. The first-order chi connectivity index (χ1) is 8.93. The molecule has 1 N–H and O–H groups in total. The fourth-order valence-corrected chi connectivity index (χ4v) is 4.21. The van der Waals surface area contributed by atoms with Gasteiger partial charge in [-0.15, -0.1) is 24.8 Å². The molecule has 2 saturated heterocycles. The average molecular weight is 324 g/mol. The van der Waals surface area contributed by atoms with Gasteiger partial charge in [-0.25, -0.2) is 0 Å². The average Bonchev–Trinajstić information content (AvgIpc) is 3.08. The van der Waals surface area contributed by atoms with Crippen LogP contribution in [0.1, 0.15) is 38.5 Å².